The highest BCUT2D eigenvalue weighted by Crippen LogP contribution is 2.23. The Labute approximate surface area is 155 Å². The zero-order valence-electron chi connectivity index (χ0n) is 14.5. The van der Waals surface area contributed by atoms with Crippen molar-refractivity contribution in [2.45, 2.75) is 31.4 Å². The molecule has 0 fully saturated rings. The maximum atomic E-state index is 5.80. The Bertz CT molecular complexity index is 1010. The van der Waals surface area contributed by atoms with Gasteiger partial charge >= 0.3 is 0 Å². The molecule has 0 bridgehead atoms. The van der Waals surface area contributed by atoms with E-state index in [2.05, 4.69) is 26.2 Å². The van der Waals surface area contributed by atoms with E-state index < -0.39 is 0 Å². The number of aromatic nitrogens is 4. The minimum atomic E-state index is 0.252. The number of rotatable bonds is 6. The first-order chi connectivity index (χ1) is 12.7. The number of H-pyrrole nitrogens is 1. The molecule has 0 aliphatic heterocycles. The zero-order chi connectivity index (χ0) is 17.9. The molecule has 4 rings (SSSR count). The standard InChI is InChI=1S/C19H18N4O2S/c1-12-7-8-13(2)16(9-12)24-10-18-22-23-19(25-18)26-11-17-20-14-5-3-4-6-15(14)21-17/h3-9H,10-11H2,1-2H3,(H,20,21). The van der Waals surface area contributed by atoms with Gasteiger partial charge in [-0.2, -0.15) is 0 Å². The Morgan fingerprint density at radius 1 is 1.12 bits per heavy atom. The summed E-state index contributed by atoms with van der Waals surface area (Å²) in [6.07, 6.45) is 0. The second kappa shape index (κ2) is 7.21. The first kappa shape index (κ1) is 16.7. The molecule has 0 saturated heterocycles. The zero-order valence-corrected chi connectivity index (χ0v) is 15.3. The van der Waals surface area contributed by atoms with Gasteiger partial charge in [0.05, 0.1) is 16.8 Å². The Hall–Kier alpha value is -2.80. The van der Waals surface area contributed by atoms with Crippen LogP contribution in [0.5, 0.6) is 5.75 Å². The lowest BCUT2D eigenvalue weighted by Gasteiger charge is -2.07. The molecule has 0 aliphatic carbocycles. The fraction of sp³-hybridized carbons (Fsp3) is 0.211. The average molecular weight is 366 g/mol. The molecule has 0 radical (unpaired) electrons. The lowest BCUT2D eigenvalue weighted by molar-refractivity contribution is 0.250. The quantitative estimate of drug-likeness (QED) is 0.509. The summed E-state index contributed by atoms with van der Waals surface area (Å²) in [5.41, 5.74) is 4.21. The first-order valence-corrected chi connectivity index (χ1v) is 9.25. The molecular formula is C19H18N4O2S. The van der Waals surface area contributed by atoms with E-state index in [0.29, 0.717) is 16.9 Å². The van der Waals surface area contributed by atoms with Gasteiger partial charge in [0.15, 0.2) is 6.61 Å². The minimum absolute atomic E-state index is 0.252. The number of hydrogen-bond donors (Lipinski definition) is 1. The number of nitrogens with zero attached hydrogens (tertiary/aromatic N) is 3. The van der Waals surface area contributed by atoms with E-state index >= 15 is 0 Å². The molecule has 0 amide bonds. The van der Waals surface area contributed by atoms with Crippen LogP contribution < -0.4 is 4.74 Å². The molecule has 4 aromatic rings. The Balaban J connectivity index is 1.36. The van der Waals surface area contributed by atoms with Gasteiger partial charge in [-0.25, -0.2) is 4.98 Å². The maximum absolute atomic E-state index is 5.80. The molecule has 2 aromatic heterocycles. The summed E-state index contributed by atoms with van der Waals surface area (Å²) in [5, 5.41) is 8.61. The highest BCUT2D eigenvalue weighted by atomic mass is 32.2. The molecule has 0 unspecified atom stereocenters. The van der Waals surface area contributed by atoms with Gasteiger partial charge in [0.1, 0.15) is 11.6 Å². The Kier molecular flexibility index (Phi) is 4.62. The molecule has 1 N–H and O–H groups in total. The van der Waals surface area contributed by atoms with Crippen LogP contribution >= 0.6 is 11.8 Å². The van der Waals surface area contributed by atoms with Crippen LogP contribution in [0.3, 0.4) is 0 Å². The van der Waals surface area contributed by atoms with Crippen molar-refractivity contribution in [2.24, 2.45) is 0 Å². The topological polar surface area (TPSA) is 76.8 Å². The number of hydrogen-bond acceptors (Lipinski definition) is 6. The highest BCUT2D eigenvalue weighted by Gasteiger charge is 2.10. The number of ether oxygens (including phenoxy) is 1. The third kappa shape index (κ3) is 3.72. The monoisotopic (exact) mass is 366 g/mol. The van der Waals surface area contributed by atoms with Gasteiger partial charge in [-0.3, -0.25) is 0 Å². The van der Waals surface area contributed by atoms with Crippen molar-refractivity contribution in [3.8, 4) is 5.75 Å². The van der Waals surface area contributed by atoms with Crippen molar-refractivity contribution in [3.63, 3.8) is 0 Å². The summed E-state index contributed by atoms with van der Waals surface area (Å²) in [4.78, 5) is 7.82. The van der Waals surface area contributed by atoms with E-state index in [9.17, 15) is 0 Å². The molecular weight excluding hydrogens is 348 g/mol. The normalized spacial score (nSPS) is 11.2. The van der Waals surface area contributed by atoms with Crippen LogP contribution in [0.2, 0.25) is 0 Å². The number of fused-ring (bicyclic) bond motifs is 1. The summed E-state index contributed by atoms with van der Waals surface area (Å²) in [7, 11) is 0. The molecule has 0 saturated carbocycles. The summed E-state index contributed by atoms with van der Waals surface area (Å²) >= 11 is 1.45. The second-order valence-corrected chi connectivity index (χ2v) is 6.94. The van der Waals surface area contributed by atoms with Crippen LogP contribution in [0, 0.1) is 13.8 Å². The van der Waals surface area contributed by atoms with Crippen LogP contribution in [0.25, 0.3) is 11.0 Å². The van der Waals surface area contributed by atoms with Crippen LogP contribution in [-0.4, -0.2) is 20.2 Å². The maximum Gasteiger partial charge on any atom is 0.277 e. The van der Waals surface area contributed by atoms with Crippen LogP contribution in [0.1, 0.15) is 22.8 Å². The van der Waals surface area contributed by atoms with Gasteiger partial charge in [0.2, 0.25) is 0 Å². The van der Waals surface area contributed by atoms with E-state index in [1.165, 1.54) is 11.8 Å². The number of aryl methyl sites for hydroxylation is 2. The van der Waals surface area contributed by atoms with Crippen molar-refractivity contribution in [2.75, 3.05) is 0 Å². The minimum Gasteiger partial charge on any atom is -0.484 e. The number of imidazole rings is 1. The fourth-order valence-corrected chi connectivity index (χ4v) is 3.21. The predicted molar refractivity (Wildman–Crippen MR) is 100 cm³/mol. The Morgan fingerprint density at radius 3 is 2.88 bits per heavy atom. The Morgan fingerprint density at radius 2 is 2.00 bits per heavy atom. The van der Waals surface area contributed by atoms with E-state index in [1.807, 2.05) is 50.2 Å². The molecule has 2 aromatic carbocycles. The van der Waals surface area contributed by atoms with Gasteiger partial charge in [-0.15, -0.1) is 10.2 Å². The number of aromatic amines is 1. The lowest BCUT2D eigenvalue weighted by atomic mass is 10.1. The van der Waals surface area contributed by atoms with Crippen LogP contribution in [0.4, 0.5) is 0 Å². The highest BCUT2D eigenvalue weighted by molar-refractivity contribution is 7.98. The fourth-order valence-electron chi connectivity index (χ4n) is 2.56. The summed E-state index contributed by atoms with van der Waals surface area (Å²) in [5.74, 6) is 2.80. The molecule has 26 heavy (non-hydrogen) atoms. The summed E-state index contributed by atoms with van der Waals surface area (Å²) in [6.45, 7) is 4.30. The summed E-state index contributed by atoms with van der Waals surface area (Å²) < 4.78 is 11.4. The SMILES string of the molecule is Cc1ccc(C)c(OCc2nnc(SCc3nc4ccccc4[nH]3)o2)c1. The summed E-state index contributed by atoms with van der Waals surface area (Å²) in [6, 6.07) is 14.0. The molecule has 0 spiro atoms. The van der Waals surface area contributed by atoms with Gasteiger partial charge in [-0.05, 0) is 43.2 Å². The number of thioether (sulfide) groups is 1. The molecule has 6 nitrogen and oxygen atoms in total. The second-order valence-electron chi connectivity index (χ2n) is 6.01. The van der Waals surface area contributed by atoms with E-state index in [4.69, 9.17) is 9.15 Å². The molecule has 132 valence electrons. The lowest BCUT2D eigenvalue weighted by Crippen LogP contribution is -1.97. The number of benzene rings is 2. The van der Waals surface area contributed by atoms with Gasteiger partial charge in [0, 0.05) is 0 Å². The third-order valence-electron chi connectivity index (χ3n) is 3.91. The van der Waals surface area contributed by atoms with E-state index in [1.54, 1.807) is 0 Å². The average Bonchev–Trinajstić information content (AvgIpc) is 3.26. The smallest absolute Gasteiger partial charge is 0.277 e. The van der Waals surface area contributed by atoms with Gasteiger partial charge in [-0.1, -0.05) is 36.0 Å². The van der Waals surface area contributed by atoms with Crippen LogP contribution in [0.15, 0.2) is 52.1 Å². The first-order valence-electron chi connectivity index (χ1n) is 8.26. The van der Waals surface area contributed by atoms with Crippen molar-refractivity contribution >= 4 is 22.8 Å². The van der Waals surface area contributed by atoms with Gasteiger partial charge < -0.3 is 14.1 Å². The molecule has 0 atom stereocenters. The van der Waals surface area contributed by atoms with Crippen molar-refractivity contribution < 1.29 is 9.15 Å². The van der Waals surface area contributed by atoms with Crippen molar-refractivity contribution in [1.82, 2.24) is 20.2 Å². The van der Waals surface area contributed by atoms with E-state index in [0.717, 1.165) is 33.7 Å². The molecule has 0 aliphatic rings. The largest absolute Gasteiger partial charge is 0.484 e. The number of para-hydroxylation sites is 2. The van der Waals surface area contributed by atoms with Crippen molar-refractivity contribution in [1.29, 1.82) is 0 Å². The predicted octanol–water partition coefficient (Wildman–Crippen LogP) is 4.43. The van der Waals surface area contributed by atoms with E-state index in [-0.39, 0.29) is 6.61 Å². The van der Waals surface area contributed by atoms with Gasteiger partial charge in [0.25, 0.3) is 11.1 Å². The molecule has 2 heterocycles. The third-order valence-corrected chi connectivity index (χ3v) is 4.74. The van der Waals surface area contributed by atoms with Crippen molar-refractivity contribution in [3.05, 3.63) is 65.3 Å². The molecule has 7 heteroatoms. The number of nitrogens with one attached hydrogen (secondary N) is 1. The van der Waals surface area contributed by atoms with Crippen LogP contribution in [-0.2, 0) is 12.4 Å².